The predicted molar refractivity (Wildman–Crippen MR) is 60.7 cm³/mol. The summed E-state index contributed by atoms with van der Waals surface area (Å²) < 4.78 is 5.77. The lowest BCUT2D eigenvalue weighted by Gasteiger charge is -2.24. The lowest BCUT2D eigenvalue weighted by molar-refractivity contribution is -0.661. The lowest BCUT2D eigenvalue weighted by atomic mass is 9.97. The number of nitrogens with two attached hydrogens (primary N) is 1. The summed E-state index contributed by atoms with van der Waals surface area (Å²) in [4.78, 5) is 0. The second-order valence-corrected chi connectivity index (χ2v) is 4.03. The largest absolute Gasteiger partial charge is 0.367 e. The maximum atomic E-state index is 8.46. The third-order valence-corrected chi connectivity index (χ3v) is 2.93. The Labute approximate surface area is 96.0 Å². The fraction of sp³-hybridized carbons (Fsp3) is 0.462. The van der Waals surface area contributed by atoms with Gasteiger partial charge in [-0.1, -0.05) is 24.3 Å². The zero-order valence-electron chi connectivity index (χ0n) is 9.36. The Balaban J connectivity index is 1.94. The molecule has 1 aliphatic rings. The molecule has 0 saturated heterocycles. The van der Waals surface area contributed by atoms with Gasteiger partial charge in [-0.05, 0) is 17.5 Å². The van der Waals surface area contributed by atoms with Crippen molar-refractivity contribution in [3.05, 3.63) is 35.4 Å². The Morgan fingerprint density at radius 3 is 3.19 bits per heavy atom. The number of fused-ring (bicyclic) bond motifs is 1. The van der Waals surface area contributed by atoms with E-state index in [4.69, 9.17) is 10.00 Å². The van der Waals surface area contributed by atoms with Crippen LogP contribution in [0.1, 0.15) is 23.7 Å². The first-order valence-electron chi connectivity index (χ1n) is 5.80. The number of nitriles is 1. The van der Waals surface area contributed by atoms with Crippen molar-refractivity contribution in [2.45, 2.75) is 18.9 Å². The maximum Gasteiger partial charge on any atom is 0.131 e. The van der Waals surface area contributed by atoms with Gasteiger partial charge in [0.2, 0.25) is 0 Å². The van der Waals surface area contributed by atoms with Crippen LogP contribution < -0.4 is 5.32 Å². The van der Waals surface area contributed by atoms with Gasteiger partial charge in [-0.15, -0.1) is 0 Å². The highest BCUT2D eigenvalue weighted by atomic mass is 16.5. The molecule has 0 unspecified atom stereocenters. The molecule has 0 radical (unpaired) electrons. The van der Waals surface area contributed by atoms with Crippen molar-refractivity contribution in [2.75, 3.05) is 19.7 Å². The van der Waals surface area contributed by atoms with E-state index in [0.29, 0.717) is 6.42 Å². The van der Waals surface area contributed by atoms with Crippen LogP contribution in [-0.2, 0) is 11.2 Å². The third-order valence-electron chi connectivity index (χ3n) is 2.93. The van der Waals surface area contributed by atoms with Gasteiger partial charge in [0.15, 0.2) is 0 Å². The molecule has 0 spiro atoms. The van der Waals surface area contributed by atoms with Gasteiger partial charge in [-0.2, -0.15) is 5.26 Å². The van der Waals surface area contributed by atoms with E-state index in [1.165, 1.54) is 11.1 Å². The first-order valence-corrected chi connectivity index (χ1v) is 5.80. The summed E-state index contributed by atoms with van der Waals surface area (Å²) in [5.41, 5.74) is 2.73. The summed E-state index contributed by atoms with van der Waals surface area (Å²) in [7, 11) is 0. The van der Waals surface area contributed by atoms with E-state index in [0.717, 1.165) is 26.1 Å². The van der Waals surface area contributed by atoms with Crippen LogP contribution >= 0.6 is 0 Å². The molecular weight excluding hydrogens is 200 g/mol. The minimum Gasteiger partial charge on any atom is -0.367 e. The van der Waals surface area contributed by atoms with Crippen molar-refractivity contribution in [3.63, 3.8) is 0 Å². The first kappa shape index (κ1) is 11.1. The minimum absolute atomic E-state index is 0.198. The molecule has 1 aromatic rings. The quantitative estimate of drug-likeness (QED) is 0.758. The summed E-state index contributed by atoms with van der Waals surface area (Å²) in [6.45, 7) is 2.59. The summed E-state index contributed by atoms with van der Waals surface area (Å²) in [6, 6.07) is 10.6. The van der Waals surface area contributed by atoms with Crippen LogP contribution in [-0.4, -0.2) is 19.7 Å². The standard InChI is InChI=1S/C13H16N2O/c14-7-3-8-15-10-13-12-5-2-1-4-11(12)6-9-16-13/h1-2,4-5,13,15H,3,6,8-10H2/p+1/t13-/m0/s1. The Hall–Kier alpha value is -1.37. The summed E-state index contributed by atoms with van der Waals surface area (Å²) in [5, 5.41) is 10.6. The Morgan fingerprint density at radius 1 is 1.44 bits per heavy atom. The number of benzene rings is 1. The van der Waals surface area contributed by atoms with E-state index in [1.54, 1.807) is 0 Å². The SMILES string of the molecule is N#CCC[NH2+]C[C@@H]1OCCc2ccccc21. The monoisotopic (exact) mass is 217 g/mol. The van der Waals surface area contributed by atoms with Gasteiger partial charge in [0.1, 0.15) is 12.6 Å². The molecule has 3 nitrogen and oxygen atoms in total. The molecule has 1 heterocycles. The van der Waals surface area contributed by atoms with Gasteiger partial charge in [-0.25, -0.2) is 0 Å². The van der Waals surface area contributed by atoms with Crippen LogP contribution in [0.4, 0.5) is 0 Å². The summed E-state index contributed by atoms with van der Waals surface area (Å²) in [6.07, 6.45) is 1.82. The molecule has 0 amide bonds. The number of rotatable bonds is 4. The second-order valence-electron chi connectivity index (χ2n) is 4.03. The summed E-state index contributed by atoms with van der Waals surface area (Å²) in [5.74, 6) is 0. The Morgan fingerprint density at radius 2 is 2.31 bits per heavy atom. The fourth-order valence-electron chi connectivity index (χ4n) is 2.11. The summed E-state index contributed by atoms with van der Waals surface area (Å²) >= 11 is 0. The molecular formula is C13H17N2O+. The molecule has 0 aliphatic carbocycles. The van der Waals surface area contributed by atoms with Crippen LogP contribution in [0.5, 0.6) is 0 Å². The van der Waals surface area contributed by atoms with Crippen LogP contribution in [0.3, 0.4) is 0 Å². The molecule has 2 rings (SSSR count). The first-order chi connectivity index (χ1) is 7.92. The molecule has 0 fully saturated rings. The predicted octanol–water partition coefficient (Wildman–Crippen LogP) is 0.777. The molecule has 0 aromatic heterocycles. The van der Waals surface area contributed by atoms with Gasteiger partial charge in [0.05, 0.1) is 25.6 Å². The fourth-order valence-corrected chi connectivity index (χ4v) is 2.11. The molecule has 2 N–H and O–H groups in total. The highest BCUT2D eigenvalue weighted by molar-refractivity contribution is 5.30. The Bertz CT molecular complexity index is 384. The number of quaternary nitrogens is 1. The van der Waals surface area contributed by atoms with Crippen molar-refractivity contribution in [1.29, 1.82) is 5.26 Å². The van der Waals surface area contributed by atoms with Gasteiger partial charge in [-0.3, -0.25) is 0 Å². The van der Waals surface area contributed by atoms with E-state index >= 15 is 0 Å². The van der Waals surface area contributed by atoms with Crippen LogP contribution in [0, 0.1) is 11.3 Å². The minimum atomic E-state index is 0.198. The van der Waals surface area contributed by atoms with Crippen LogP contribution in [0.25, 0.3) is 0 Å². The molecule has 1 aromatic carbocycles. The maximum absolute atomic E-state index is 8.46. The van der Waals surface area contributed by atoms with E-state index in [1.807, 2.05) is 0 Å². The lowest BCUT2D eigenvalue weighted by Crippen LogP contribution is -2.85. The third kappa shape index (κ3) is 2.60. The second kappa shape index (κ2) is 5.64. The normalized spacial score (nSPS) is 18.8. The van der Waals surface area contributed by atoms with Crippen LogP contribution in [0.15, 0.2) is 24.3 Å². The van der Waals surface area contributed by atoms with Crippen LogP contribution in [0.2, 0.25) is 0 Å². The molecule has 84 valence electrons. The van der Waals surface area contributed by atoms with Gasteiger partial charge in [0.25, 0.3) is 0 Å². The molecule has 3 heteroatoms. The van der Waals surface area contributed by atoms with E-state index < -0.39 is 0 Å². The molecule has 0 bridgehead atoms. The molecule has 16 heavy (non-hydrogen) atoms. The highest BCUT2D eigenvalue weighted by Crippen LogP contribution is 2.25. The zero-order chi connectivity index (χ0) is 11.2. The molecule has 0 saturated carbocycles. The van der Waals surface area contributed by atoms with Crippen molar-refractivity contribution in [2.24, 2.45) is 0 Å². The van der Waals surface area contributed by atoms with Gasteiger partial charge in [0, 0.05) is 0 Å². The van der Waals surface area contributed by atoms with Gasteiger partial charge < -0.3 is 10.1 Å². The van der Waals surface area contributed by atoms with E-state index in [2.05, 4.69) is 35.7 Å². The Kier molecular flexibility index (Phi) is 3.92. The smallest absolute Gasteiger partial charge is 0.131 e. The van der Waals surface area contributed by atoms with Crippen molar-refractivity contribution >= 4 is 0 Å². The topological polar surface area (TPSA) is 49.6 Å². The van der Waals surface area contributed by atoms with Crippen molar-refractivity contribution in [3.8, 4) is 6.07 Å². The number of hydrogen-bond acceptors (Lipinski definition) is 2. The van der Waals surface area contributed by atoms with Crippen molar-refractivity contribution in [1.82, 2.24) is 0 Å². The molecule has 1 atom stereocenters. The van der Waals surface area contributed by atoms with E-state index in [9.17, 15) is 0 Å². The van der Waals surface area contributed by atoms with E-state index in [-0.39, 0.29) is 6.10 Å². The zero-order valence-corrected chi connectivity index (χ0v) is 9.36. The number of hydrogen-bond donors (Lipinski definition) is 1. The average Bonchev–Trinajstić information content (AvgIpc) is 2.35. The van der Waals surface area contributed by atoms with Gasteiger partial charge >= 0.3 is 0 Å². The number of ether oxygens (including phenoxy) is 1. The number of nitrogens with zero attached hydrogens (tertiary/aromatic N) is 1. The average molecular weight is 217 g/mol. The molecule has 1 aliphatic heterocycles. The highest BCUT2D eigenvalue weighted by Gasteiger charge is 2.21. The van der Waals surface area contributed by atoms with Crippen molar-refractivity contribution < 1.29 is 10.1 Å².